The molecule has 1 atom stereocenters. The molecule has 5 nitrogen and oxygen atoms in total. The van der Waals surface area contributed by atoms with Crippen LogP contribution in [0.2, 0.25) is 10.0 Å². The molecule has 0 saturated carbocycles. The first-order valence-corrected chi connectivity index (χ1v) is 13.4. The number of carbonyl (C=O) groups is 2. The summed E-state index contributed by atoms with van der Waals surface area (Å²) in [4.78, 5) is 29.2. The third-order valence-electron chi connectivity index (χ3n) is 6.43. The van der Waals surface area contributed by atoms with Crippen molar-refractivity contribution in [2.45, 2.75) is 32.0 Å². The number of benzene rings is 4. The number of nitrogens with one attached hydrogen (secondary N) is 1. The number of nitrogens with zero attached hydrogens (tertiary/aromatic N) is 1. The molecule has 7 heteroatoms. The summed E-state index contributed by atoms with van der Waals surface area (Å²) in [6, 6.07) is 31.0. The summed E-state index contributed by atoms with van der Waals surface area (Å²) in [7, 11) is 1.61. The van der Waals surface area contributed by atoms with Crippen LogP contribution in [0.25, 0.3) is 0 Å². The zero-order valence-corrected chi connectivity index (χ0v) is 23.2. The van der Waals surface area contributed by atoms with Gasteiger partial charge in [-0.05, 0) is 58.7 Å². The highest BCUT2D eigenvalue weighted by atomic mass is 35.5. The fourth-order valence-corrected chi connectivity index (χ4v) is 4.52. The monoisotopic (exact) mass is 560 g/mol. The summed E-state index contributed by atoms with van der Waals surface area (Å²) >= 11 is 12.2. The lowest BCUT2D eigenvalue weighted by molar-refractivity contribution is -0.140. The Kier molecular flexibility index (Phi) is 10.0. The molecule has 4 aromatic carbocycles. The Morgan fingerprint density at radius 2 is 1.31 bits per heavy atom. The van der Waals surface area contributed by atoms with Crippen molar-refractivity contribution in [1.29, 1.82) is 0 Å². The second-order valence-electron chi connectivity index (χ2n) is 9.22. The number of rotatable bonds is 11. The molecule has 0 saturated heterocycles. The Labute approximate surface area is 239 Å². The number of methoxy groups -OCH3 is 1. The van der Waals surface area contributed by atoms with Gasteiger partial charge in [-0.3, -0.25) is 9.59 Å². The summed E-state index contributed by atoms with van der Waals surface area (Å²) in [6.07, 6.45) is 0.511. The van der Waals surface area contributed by atoms with E-state index in [0.29, 0.717) is 23.0 Å². The van der Waals surface area contributed by atoms with Gasteiger partial charge in [0.05, 0.1) is 13.5 Å². The van der Waals surface area contributed by atoms with Gasteiger partial charge in [-0.15, -0.1) is 0 Å². The molecule has 39 heavy (non-hydrogen) atoms. The minimum Gasteiger partial charge on any atom is -0.497 e. The van der Waals surface area contributed by atoms with Crippen molar-refractivity contribution in [2.24, 2.45) is 0 Å². The van der Waals surface area contributed by atoms with E-state index < -0.39 is 6.04 Å². The first-order valence-electron chi connectivity index (χ1n) is 12.6. The molecule has 0 aromatic heterocycles. The Balaban J connectivity index is 1.62. The first-order chi connectivity index (χ1) is 18.9. The van der Waals surface area contributed by atoms with Crippen LogP contribution in [0, 0.1) is 0 Å². The maximum Gasteiger partial charge on any atom is 0.243 e. The van der Waals surface area contributed by atoms with Crippen LogP contribution in [0.4, 0.5) is 0 Å². The maximum absolute atomic E-state index is 13.8. The van der Waals surface area contributed by atoms with E-state index in [-0.39, 0.29) is 24.8 Å². The maximum atomic E-state index is 13.8. The van der Waals surface area contributed by atoms with Crippen LogP contribution < -0.4 is 10.1 Å². The van der Waals surface area contributed by atoms with Gasteiger partial charge in [0.1, 0.15) is 11.8 Å². The molecule has 0 heterocycles. The highest BCUT2D eigenvalue weighted by molar-refractivity contribution is 6.30. The molecule has 0 spiro atoms. The predicted molar refractivity (Wildman–Crippen MR) is 156 cm³/mol. The van der Waals surface area contributed by atoms with Crippen molar-refractivity contribution in [3.05, 3.63) is 135 Å². The van der Waals surface area contributed by atoms with Crippen LogP contribution in [0.3, 0.4) is 0 Å². The van der Waals surface area contributed by atoms with Crippen molar-refractivity contribution in [1.82, 2.24) is 10.2 Å². The minimum absolute atomic E-state index is 0.141. The predicted octanol–water partition coefficient (Wildman–Crippen LogP) is 6.50. The van der Waals surface area contributed by atoms with Gasteiger partial charge in [0.15, 0.2) is 0 Å². The second kappa shape index (κ2) is 13.8. The average molecular weight is 562 g/mol. The fourth-order valence-electron chi connectivity index (χ4n) is 4.27. The van der Waals surface area contributed by atoms with E-state index in [9.17, 15) is 9.59 Å². The van der Waals surface area contributed by atoms with Crippen LogP contribution >= 0.6 is 23.2 Å². The Morgan fingerprint density at radius 3 is 1.90 bits per heavy atom. The molecule has 1 N–H and O–H groups in total. The summed E-state index contributed by atoms with van der Waals surface area (Å²) in [5, 5.41) is 4.25. The second-order valence-corrected chi connectivity index (χ2v) is 10.1. The summed E-state index contributed by atoms with van der Waals surface area (Å²) in [6.45, 7) is 0.589. The van der Waals surface area contributed by atoms with Crippen LogP contribution in [0.5, 0.6) is 5.75 Å². The van der Waals surface area contributed by atoms with E-state index in [0.717, 1.165) is 28.0 Å². The van der Waals surface area contributed by atoms with Gasteiger partial charge >= 0.3 is 0 Å². The summed E-state index contributed by atoms with van der Waals surface area (Å²) < 4.78 is 5.23. The van der Waals surface area contributed by atoms with E-state index in [1.807, 2.05) is 78.9 Å². The summed E-state index contributed by atoms with van der Waals surface area (Å²) in [5.74, 6) is 0.356. The van der Waals surface area contributed by atoms with Crippen LogP contribution in [-0.4, -0.2) is 29.9 Å². The van der Waals surface area contributed by atoms with E-state index in [2.05, 4.69) is 5.32 Å². The number of ether oxygens (including phenoxy) is 1. The SMILES string of the molecule is COc1ccc(CNC(=O)[C@@H](Cc2ccccc2)N(Cc2ccc(Cl)cc2)C(=O)Cc2ccc(Cl)cc2)cc1. The lowest BCUT2D eigenvalue weighted by Crippen LogP contribution is -2.50. The Hall–Kier alpha value is -3.80. The van der Waals surface area contributed by atoms with E-state index in [1.165, 1.54) is 0 Å². The number of amides is 2. The van der Waals surface area contributed by atoms with Crippen molar-refractivity contribution in [2.75, 3.05) is 7.11 Å². The van der Waals surface area contributed by atoms with Gasteiger partial charge < -0.3 is 15.0 Å². The zero-order valence-electron chi connectivity index (χ0n) is 21.6. The van der Waals surface area contributed by atoms with Crippen molar-refractivity contribution < 1.29 is 14.3 Å². The van der Waals surface area contributed by atoms with Gasteiger partial charge in [-0.1, -0.05) is 89.9 Å². The molecular weight excluding hydrogens is 531 g/mol. The number of halogens is 2. The van der Waals surface area contributed by atoms with E-state index >= 15 is 0 Å². The molecule has 200 valence electrons. The average Bonchev–Trinajstić information content (AvgIpc) is 2.96. The molecule has 0 bridgehead atoms. The Bertz CT molecular complexity index is 1360. The minimum atomic E-state index is -0.735. The third kappa shape index (κ3) is 8.34. The van der Waals surface area contributed by atoms with Crippen LogP contribution in [0.15, 0.2) is 103 Å². The molecule has 0 aliphatic rings. The molecule has 0 unspecified atom stereocenters. The highest BCUT2D eigenvalue weighted by Crippen LogP contribution is 2.19. The molecule has 4 rings (SSSR count). The van der Waals surface area contributed by atoms with E-state index in [1.54, 1.807) is 36.3 Å². The molecule has 0 aliphatic carbocycles. The van der Waals surface area contributed by atoms with Gasteiger partial charge in [0, 0.05) is 29.6 Å². The van der Waals surface area contributed by atoms with E-state index in [4.69, 9.17) is 27.9 Å². The molecule has 2 amide bonds. The lowest BCUT2D eigenvalue weighted by atomic mass is 10.0. The molecule has 0 fully saturated rings. The Morgan fingerprint density at radius 1 is 0.744 bits per heavy atom. The van der Waals surface area contributed by atoms with Crippen molar-refractivity contribution in [3.63, 3.8) is 0 Å². The molecule has 0 radical (unpaired) electrons. The number of carbonyl (C=O) groups excluding carboxylic acids is 2. The molecule has 0 aliphatic heterocycles. The number of hydrogen-bond donors (Lipinski definition) is 1. The quantitative estimate of drug-likeness (QED) is 0.228. The zero-order chi connectivity index (χ0) is 27.6. The van der Waals surface area contributed by atoms with Gasteiger partial charge in [0.25, 0.3) is 0 Å². The lowest BCUT2D eigenvalue weighted by Gasteiger charge is -2.32. The highest BCUT2D eigenvalue weighted by Gasteiger charge is 2.30. The molecule has 4 aromatic rings. The topological polar surface area (TPSA) is 58.6 Å². The van der Waals surface area contributed by atoms with Crippen molar-refractivity contribution in [3.8, 4) is 5.75 Å². The summed E-state index contributed by atoms with van der Waals surface area (Å²) in [5.41, 5.74) is 3.59. The third-order valence-corrected chi connectivity index (χ3v) is 6.94. The van der Waals surface area contributed by atoms with Crippen LogP contribution in [0.1, 0.15) is 22.3 Å². The van der Waals surface area contributed by atoms with Gasteiger partial charge in [-0.2, -0.15) is 0 Å². The first kappa shape index (κ1) is 28.2. The largest absolute Gasteiger partial charge is 0.497 e. The van der Waals surface area contributed by atoms with Crippen molar-refractivity contribution >= 4 is 35.0 Å². The van der Waals surface area contributed by atoms with Gasteiger partial charge in [-0.25, -0.2) is 0 Å². The van der Waals surface area contributed by atoms with Crippen LogP contribution in [-0.2, 0) is 35.5 Å². The smallest absolute Gasteiger partial charge is 0.243 e. The normalized spacial score (nSPS) is 11.5. The standard InChI is InChI=1S/C32H30Cl2N2O3/c1-39-29-17-11-25(12-18-29)21-35-32(38)30(19-23-5-3-2-4-6-23)36(22-26-9-15-28(34)16-10-26)31(37)20-24-7-13-27(33)14-8-24/h2-18,30H,19-22H2,1H3,(H,35,38)/t30-/m1/s1. The van der Waals surface area contributed by atoms with Gasteiger partial charge in [0.2, 0.25) is 11.8 Å². The fraction of sp³-hybridized carbons (Fsp3) is 0.188. The number of hydrogen-bond acceptors (Lipinski definition) is 3. The molecular formula is C32H30Cl2N2O3.